The summed E-state index contributed by atoms with van der Waals surface area (Å²) in [6.45, 7) is 0.370. The summed E-state index contributed by atoms with van der Waals surface area (Å²) in [6, 6.07) is 19.8. The van der Waals surface area contributed by atoms with E-state index in [4.69, 9.17) is 16.2 Å². The number of nitrogens with zero attached hydrogens (tertiary/aromatic N) is 1. The number of aromatic nitrogens is 2. The smallest absolute Gasteiger partial charge is 0.248 e. The SMILES string of the molecule is COc1cccc(C(CCN)C(=O)Nc2ccc3[nH]nc(Nc4cccc(C(N)=O)c4)c3c2)c1. The number of aromatic amines is 1. The van der Waals surface area contributed by atoms with Crippen molar-refractivity contribution in [1.29, 1.82) is 0 Å². The Morgan fingerprint density at radius 2 is 1.88 bits per heavy atom. The standard InChI is InChI=1S/C25H26N6O3/c1-34-19-7-3-4-15(13-19)20(10-11-26)25(33)29-18-8-9-22-21(14-18)24(31-30-22)28-17-6-2-5-16(12-17)23(27)32/h2-9,12-14,20H,10-11,26H2,1H3,(H2,27,32)(H,29,33)(H2,28,30,31). The minimum Gasteiger partial charge on any atom is -0.497 e. The van der Waals surface area contributed by atoms with Gasteiger partial charge in [0, 0.05) is 22.3 Å². The van der Waals surface area contributed by atoms with E-state index in [0.717, 1.165) is 16.5 Å². The van der Waals surface area contributed by atoms with E-state index in [9.17, 15) is 9.59 Å². The molecule has 7 N–H and O–H groups in total. The van der Waals surface area contributed by atoms with Crippen LogP contribution in [0.3, 0.4) is 0 Å². The molecule has 1 heterocycles. The maximum atomic E-state index is 13.2. The van der Waals surface area contributed by atoms with E-state index in [1.165, 1.54) is 0 Å². The summed E-state index contributed by atoms with van der Waals surface area (Å²) in [5.41, 5.74) is 14.5. The Morgan fingerprint density at radius 1 is 1.06 bits per heavy atom. The molecule has 2 amide bonds. The van der Waals surface area contributed by atoms with Gasteiger partial charge in [0.15, 0.2) is 5.82 Å². The minimum atomic E-state index is -0.511. The van der Waals surface area contributed by atoms with E-state index >= 15 is 0 Å². The maximum absolute atomic E-state index is 13.2. The van der Waals surface area contributed by atoms with Crippen molar-refractivity contribution in [1.82, 2.24) is 10.2 Å². The van der Waals surface area contributed by atoms with Crippen LogP contribution in [0.15, 0.2) is 66.7 Å². The molecule has 174 valence electrons. The number of rotatable bonds is 9. The van der Waals surface area contributed by atoms with Crippen LogP contribution in [0, 0.1) is 0 Å². The van der Waals surface area contributed by atoms with Gasteiger partial charge < -0.3 is 26.8 Å². The number of ether oxygens (including phenoxy) is 1. The van der Waals surface area contributed by atoms with Crippen molar-refractivity contribution in [3.05, 3.63) is 77.9 Å². The van der Waals surface area contributed by atoms with Crippen LogP contribution >= 0.6 is 0 Å². The number of benzene rings is 3. The van der Waals surface area contributed by atoms with Crippen LogP contribution in [0.4, 0.5) is 17.2 Å². The third kappa shape index (κ3) is 5.00. The van der Waals surface area contributed by atoms with Crippen LogP contribution in [0.5, 0.6) is 5.75 Å². The van der Waals surface area contributed by atoms with Crippen LogP contribution in [0.1, 0.15) is 28.3 Å². The normalized spacial score (nSPS) is 11.7. The minimum absolute atomic E-state index is 0.162. The monoisotopic (exact) mass is 458 g/mol. The molecule has 0 spiro atoms. The second kappa shape index (κ2) is 10.1. The maximum Gasteiger partial charge on any atom is 0.248 e. The molecule has 34 heavy (non-hydrogen) atoms. The molecule has 9 nitrogen and oxygen atoms in total. The summed E-state index contributed by atoms with van der Waals surface area (Å²) in [6.07, 6.45) is 0.496. The number of primary amides is 1. The Hall–Kier alpha value is -4.37. The predicted molar refractivity (Wildman–Crippen MR) is 132 cm³/mol. The fourth-order valence-electron chi connectivity index (χ4n) is 3.78. The number of hydrogen-bond donors (Lipinski definition) is 5. The Balaban J connectivity index is 1.58. The van der Waals surface area contributed by atoms with Gasteiger partial charge in [-0.25, -0.2) is 0 Å². The third-order valence-corrected chi connectivity index (χ3v) is 5.51. The van der Waals surface area contributed by atoms with Crippen LogP contribution < -0.4 is 26.8 Å². The van der Waals surface area contributed by atoms with Crippen LogP contribution in [-0.4, -0.2) is 35.7 Å². The fourth-order valence-corrected chi connectivity index (χ4v) is 3.78. The summed E-state index contributed by atoms with van der Waals surface area (Å²) < 4.78 is 5.30. The topological polar surface area (TPSA) is 148 Å². The lowest BCUT2D eigenvalue weighted by Crippen LogP contribution is -2.23. The average Bonchev–Trinajstić information content (AvgIpc) is 3.24. The Bertz CT molecular complexity index is 1330. The zero-order chi connectivity index (χ0) is 24.1. The second-order valence-electron chi connectivity index (χ2n) is 7.80. The molecule has 0 radical (unpaired) electrons. The van der Waals surface area contributed by atoms with E-state index < -0.39 is 11.8 Å². The van der Waals surface area contributed by atoms with E-state index in [1.54, 1.807) is 31.4 Å². The summed E-state index contributed by atoms with van der Waals surface area (Å²) >= 11 is 0. The van der Waals surface area contributed by atoms with Crippen molar-refractivity contribution in [3.63, 3.8) is 0 Å². The van der Waals surface area contributed by atoms with Crippen LogP contribution in [-0.2, 0) is 4.79 Å². The molecule has 3 aromatic carbocycles. The number of amides is 2. The van der Waals surface area contributed by atoms with Crippen molar-refractivity contribution >= 4 is 39.9 Å². The first-order chi connectivity index (χ1) is 16.5. The Labute approximate surface area is 196 Å². The number of H-pyrrole nitrogens is 1. The number of fused-ring (bicyclic) bond motifs is 1. The molecule has 0 aliphatic rings. The highest BCUT2D eigenvalue weighted by molar-refractivity contribution is 6.00. The molecule has 0 bridgehead atoms. The number of hydrogen-bond acceptors (Lipinski definition) is 6. The van der Waals surface area contributed by atoms with Gasteiger partial charge >= 0.3 is 0 Å². The van der Waals surface area contributed by atoms with Gasteiger partial charge in [0.25, 0.3) is 0 Å². The summed E-state index contributed by atoms with van der Waals surface area (Å²) in [5.74, 6) is 0.144. The second-order valence-corrected chi connectivity index (χ2v) is 7.80. The van der Waals surface area contributed by atoms with Crippen LogP contribution in [0.25, 0.3) is 10.9 Å². The van der Waals surface area contributed by atoms with Gasteiger partial charge in [-0.05, 0) is 67.1 Å². The van der Waals surface area contributed by atoms with Crippen molar-refractivity contribution in [2.45, 2.75) is 12.3 Å². The fraction of sp³-hybridized carbons (Fsp3) is 0.160. The quantitative estimate of drug-likeness (QED) is 0.259. The molecule has 1 aromatic heterocycles. The molecule has 0 aliphatic heterocycles. The van der Waals surface area contributed by atoms with Gasteiger partial charge in [-0.2, -0.15) is 5.10 Å². The molecule has 0 saturated heterocycles. The Kier molecular flexibility index (Phi) is 6.74. The molecule has 4 aromatic rings. The van der Waals surface area contributed by atoms with Crippen molar-refractivity contribution < 1.29 is 14.3 Å². The van der Waals surface area contributed by atoms with Gasteiger partial charge in [-0.3, -0.25) is 14.7 Å². The summed E-state index contributed by atoms with van der Waals surface area (Å²) in [7, 11) is 1.59. The number of methoxy groups -OCH3 is 1. The lowest BCUT2D eigenvalue weighted by Gasteiger charge is -2.17. The highest BCUT2D eigenvalue weighted by Crippen LogP contribution is 2.29. The molecule has 4 rings (SSSR count). The van der Waals surface area contributed by atoms with Crippen molar-refractivity contribution in [3.8, 4) is 5.75 Å². The van der Waals surface area contributed by atoms with Gasteiger partial charge in [-0.15, -0.1) is 0 Å². The first-order valence-corrected chi connectivity index (χ1v) is 10.8. The van der Waals surface area contributed by atoms with Crippen molar-refractivity contribution in [2.24, 2.45) is 11.5 Å². The van der Waals surface area contributed by atoms with Gasteiger partial charge in [-0.1, -0.05) is 18.2 Å². The molecule has 0 fully saturated rings. The summed E-state index contributed by atoms with van der Waals surface area (Å²) in [4.78, 5) is 24.6. The molecule has 9 heteroatoms. The number of carbonyl (C=O) groups excluding carboxylic acids is 2. The van der Waals surface area contributed by atoms with E-state index in [1.807, 2.05) is 42.5 Å². The number of nitrogens with two attached hydrogens (primary N) is 2. The molecule has 1 atom stereocenters. The van der Waals surface area contributed by atoms with Gasteiger partial charge in [0.05, 0.1) is 18.5 Å². The van der Waals surface area contributed by atoms with E-state index in [2.05, 4.69) is 20.8 Å². The lowest BCUT2D eigenvalue weighted by molar-refractivity contribution is -0.117. The average molecular weight is 459 g/mol. The first-order valence-electron chi connectivity index (χ1n) is 10.8. The predicted octanol–water partition coefficient (Wildman–Crippen LogP) is 3.49. The van der Waals surface area contributed by atoms with Gasteiger partial charge in [0.2, 0.25) is 11.8 Å². The largest absolute Gasteiger partial charge is 0.497 e. The molecule has 0 saturated carbocycles. The lowest BCUT2D eigenvalue weighted by atomic mass is 9.94. The molecular formula is C25H26N6O3. The first kappa shape index (κ1) is 22.8. The summed E-state index contributed by atoms with van der Waals surface area (Å²) in [5, 5.41) is 14.2. The van der Waals surface area contributed by atoms with Crippen LogP contribution in [0.2, 0.25) is 0 Å². The van der Waals surface area contributed by atoms with E-state index in [0.29, 0.717) is 41.5 Å². The zero-order valence-electron chi connectivity index (χ0n) is 18.7. The molecule has 0 aliphatic carbocycles. The Morgan fingerprint density at radius 3 is 2.65 bits per heavy atom. The number of anilines is 3. The highest BCUT2D eigenvalue weighted by Gasteiger charge is 2.21. The van der Waals surface area contributed by atoms with E-state index in [-0.39, 0.29) is 5.91 Å². The van der Waals surface area contributed by atoms with Gasteiger partial charge in [0.1, 0.15) is 5.75 Å². The number of nitrogens with one attached hydrogen (secondary N) is 3. The molecular weight excluding hydrogens is 432 g/mol. The third-order valence-electron chi connectivity index (χ3n) is 5.51. The highest BCUT2D eigenvalue weighted by atomic mass is 16.5. The number of carbonyl (C=O) groups is 2. The zero-order valence-corrected chi connectivity index (χ0v) is 18.7. The van der Waals surface area contributed by atoms with Crippen molar-refractivity contribution in [2.75, 3.05) is 24.3 Å². The molecule has 1 unspecified atom stereocenters.